The van der Waals surface area contributed by atoms with Gasteiger partial charge in [-0.05, 0) is 116 Å². The van der Waals surface area contributed by atoms with Gasteiger partial charge in [0.2, 0.25) is 0 Å². The standard InChI is InChI=1S/C28H45FN4O4S.C26H49NO7.2C2H6.CH4O/c1-6-7-23(9-8-20(2)22-11-14-38(35)15-12-22)28(36-5)26(18-29)31-19-24(30)10-13-33(4)25-16-21(3)37-27(17-25)32-34;1-16-11-18(3)33-23(13-16)34-22-10-9-21(28)12-17(2)14-27(7)20(5)24(31-8)26(6,30)15-32-25(29)19(22)4;3*1-2/h6-9,11,19-21,25-28,31H,1,10,12-18,30H2,2-5H3;16-24,28,30H,9-15H2,1-8H3;2*1-2H3;2H,1H3/b9-8-,23-7+,24-19-;;;;/t;16?,17-,18?,19?,20?,21?,22+,23+,24?,26-;;;/m.1.../s1. The van der Waals surface area contributed by atoms with Crippen molar-refractivity contribution in [2.75, 3.05) is 73.3 Å². The van der Waals surface area contributed by atoms with Crippen LogP contribution in [-0.2, 0) is 44.0 Å². The topological polar surface area (TPSA) is 224 Å². The third kappa shape index (κ3) is 27.2. The van der Waals surface area contributed by atoms with E-state index in [1.807, 2.05) is 74.7 Å². The summed E-state index contributed by atoms with van der Waals surface area (Å²) in [5.74, 6) is 1.20. The Morgan fingerprint density at radius 1 is 1.05 bits per heavy atom. The van der Waals surface area contributed by atoms with Crippen LogP contribution in [0.25, 0.3) is 0 Å². The van der Waals surface area contributed by atoms with E-state index >= 15 is 0 Å². The first kappa shape index (κ1) is 75.0. The summed E-state index contributed by atoms with van der Waals surface area (Å²) in [6, 6.07) is -0.579. The minimum atomic E-state index is -1.37. The number of esters is 1. The number of rotatable bonds is 18. The number of hydrogen-bond donors (Lipinski definition) is 5. The lowest BCUT2D eigenvalue weighted by Gasteiger charge is -2.40. The fourth-order valence-electron chi connectivity index (χ4n) is 10.4. The van der Waals surface area contributed by atoms with Crippen LogP contribution in [-0.4, -0.2) is 181 Å². The van der Waals surface area contributed by atoms with Crippen LogP contribution in [0.15, 0.2) is 65.2 Å². The lowest BCUT2D eigenvalue weighted by atomic mass is 9.92. The van der Waals surface area contributed by atoms with Crippen molar-refractivity contribution in [2.45, 2.75) is 214 Å². The number of allylic oxidation sites excluding steroid dienone is 4. The molecule has 0 aromatic rings. The molecule has 19 heteroatoms. The molecule has 78 heavy (non-hydrogen) atoms. The fraction of sp³-hybridized carbons (Fsp3) is 0.814. The molecule has 0 aromatic carbocycles. The van der Waals surface area contributed by atoms with Gasteiger partial charge in [0.15, 0.2) is 12.5 Å². The number of methoxy groups -OCH3 is 2. The molecule has 0 aliphatic carbocycles. The third-order valence-electron chi connectivity index (χ3n) is 14.7. The molecule has 4 aliphatic rings. The Balaban J connectivity index is 0.00000139. The summed E-state index contributed by atoms with van der Waals surface area (Å²) in [5.41, 5.74) is 7.53. The van der Waals surface area contributed by atoms with Crippen LogP contribution >= 0.6 is 0 Å². The minimum Gasteiger partial charge on any atom is -0.462 e. The van der Waals surface area contributed by atoms with E-state index in [1.165, 1.54) is 5.57 Å². The quantitative estimate of drug-likeness (QED) is 0.0374. The summed E-state index contributed by atoms with van der Waals surface area (Å²) in [5, 5.41) is 35.1. The predicted molar refractivity (Wildman–Crippen MR) is 315 cm³/mol. The first-order valence-corrected chi connectivity index (χ1v) is 30.1. The second-order valence-corrected chi connectivity index (χ2v) is 23.0. The molecular formula is C59H110FN5O12S. The number of nitrogens with two attached hydrogens (primary N) is 1. The van der Waals surface area contributed by atoms with E-state index in [4.69, 9.17) is 39.3 Å². The van der Waals surface area contributed by atoms with E-state index in [0.29, 0.717) is 61.8 Å². The van der Waals surface area contributed by atoms with E-state index in [1.54, 1.807) is 40.3 Å². The van der Waals surface area contributed by atoms with Crippen LogP contribution in [0.4, 0.5) is 4.39 Å². The van der Waals surface area contributed by atoms with Crippen molar-refractivity contribution in [3.8, 4) is 0 Å². The molecule has 0 bridgehead atoms. The number of likely N-dealkylation sites (N-methyl/N-ethyl adjacent to an activating group) is 1. The highest BCUT2D eigenvalue weighted by Crippen LogP contribution is 2.31. The average Bonchev–Trinajstić information content (AvgIpc) is 3.42. The van der Waals surface area contributed by atoms with Crippen LogP contribution in [0.5, 0.6) is 0 Å². The summed E-state index contributed by atoms with van der Waals surface area (Å²) < 4.78 is 60.6. The number of carbonyl (C=O) groups is 1. The van der Waals surface area contributed by atoms with E-state index in [9.17, 15) is 28.5 Å². The van der Waals surface area contributed by atoms with Gasteiger partial charge in [0.1, 0.15) is 31.1 Å². The Kier molecular flexibility index (Phi) is 39.5. The number of nitroso groups, excluding NO2 is 1. The van der Waals surface area contributed by atoms with Crippen molar-refractivity contribution < 1.29 is 57.1 Å². The van der Waals surface area contributed by atoms with E-state index < -0.39 is 71.6 Å². The van der Waals surface area contributed by atoms with Crippen molar-refractivity contribution in [1.29, 1.82) is 0 Å². The second kappa shape index (κ2) is 41.1. The Labute approximate surface area is 473 Å². The highest BCUT2D eigenvalue weighted by Gasteiger charge is 2.41. The number of hydrogen-bond acceptors (Lipinski definition) is 17. The first-order chi connectivity index (χ1) is 37.0. The zero-order valence-corrected chi connectivity index (χ0v) is 52.0. The molecule has 0 radical (unpaired) electrons. The Morgan fingerprint density at radius 2 is 1.71 bits per heavy atom. The Bertz CT molecular complexity index is 1800. The van der Waals surface area contributed by atoms with Crippen LogP contribution in [0.2, 0.25) is 0 Å². The maximum absolute atomic E-state index is 14.2. The molecule has 0 spiro atoms. The molecule has 3 fully saturated rings. The Morgan fingerprint density at radius 3 is 2.27 bits per heavy atom. The molecule has 0 saturated carbocycles. The lowest BCUT2D eigenvalue weighted by Crippen LogP contribution is -2.56. The van der Waals surface area contributed by atoms with Crippen LogP contribution in [0.3, 0.4) is 0 Å². The first-order valence-electron chi connectivity index (χ1n) is 28.6. The summed E-state index contributed by atoms with van der Waals surface area (Å²) in [7, 11) is 7.34. The van der Waals surface area contributed by atoms with Gasteiger partial charge >= 0.3 is 5.97 Å². The molecule has 17 nitrogen and oxygen atoms in total. The third-order valence-corrected chi connectivity index (χ3v) is 15.9. The molecule has 4 rings (SSSR count). The summed E-state index contributed by atoms with van der Waals surface area (Å²) >= 11 is 0. The Hall–Kier alpha value is -2.95. The van der Waals surface area contributed by atoms with Crippen LogP contribution < -0.4 is 11.1 Å². The van der Waals surface area contributed by atoms with Gasteiger partial charge in [-0.25, -0.2) is 4.39 Å². The lowest BCUT2D eigenvalue weighted by molar-refractivity contribution is -0.231. The van der Waals surface area contributed by atoms with Gasteiger partial charge in [-0.1, -0.05) is 91.0 Å². The maximum Gasteiger partial charge on any atom is 0.311 e. The largest absolute Gasteiger partial charge is 0.462 e. The van der Waals surface area contributed by atoms with Gasteiger partial charge in [-0.2, -0.15) is 0 Å². The number of aliphatic hydroxyl groups excluding tert-OH is 2. The van der Waals surface area contributed by atoms with Crippen molar-refractivity contribution in [3.63, 3.8) is 0 Å². The van der Waals surface area contributed by atoms with E-state index in [2.05, 4.69) is 59.8 Å². The number of alkyl halides is 1. The molecule has 17 atom stereocenters. The number of carbonyl (C=O) groups excluding carboxylic acids is 1. The van der Waals surface area contributed by atoms with Gasteiger partial charge in [0.05, 0.1) is 36.4 Å². The summed E-state index contributed by atoms with van der Waals surface area (Å²) in [6.45, 7) is 28.2. The van der Waals surface area contributed by atoms with Crippen molar-refractivity contribution in [1.82, 2.24) is 15.1 Å². The van der Waals surface area contributed by atoms with Crippen LogP contribution in [0, 0.1) is 28.6 Å². The van der Waals surface area contributed by atoms with Crippen LogP contribution in [0.1, 0.15) is 141 Å². The molecule has 0 aromatic heterocycles. The SMILES string of the molecule is C=C/C=C(\C=C/C(C)C1=CCS(=O)CC1)C(OC)C(CF)N/C=C(\N)CCN(C)C1CC(C)OC(N=O)C1.CC.CC.CO.COC1C(C)N(C)C[C@H](C)CC(O)CC[C@H](O[C@H]2CC(C)CC(C)O2)C(C)C(=O)OC[C@@]1(C)O. The van der Waals surface area contributed by atoms with Gasteiger partial charge in [0.25, 0.3) is 0 Å². The van der Waals surface area contributed by atoms with Crippen molar-refractivity contribution in [3.05, 3.63) is 64.9 Å². The molecule has 3 saturated heterocycles. The normalized spacial score (nSPS) is 33.1. The number of halogens is 1. The second-order valence-electron chi connectivity index (χ2n) is 21.3. The van der Waals surface area contributed by atoms with E-state index in [0.717, 1.165) is 44.9 Å². The van der Waals surface area contributed by atoms with E-state index in [-0.39, 0.29) is 49.0 Å². The molecule has 456 valence electrons. The fourth-order valence-corrected chi connectivity index (χ4v) is 11.4. The average molecular weight is 1130 g/mol. The number of aliphatic hydroxyl groups is 3. The molecule has 4 heterocycles. The minimum absolute atomic E-state index is 0.0236. The molecule has 4 aliphatic heterocycles. The van der Waals surface area contributed by atoms with Gasteiger partial charge in [-0.3, -0.25) is 9.00 Å². The summed E-state index contributed by atoms with van der Waals surface area (Å²) in [6.07, 6.45) is 14.5. The monoisotopic (exact) mass is 1130 g/mol. The smallest absolute Gasteiger partial charge is 0.311 e. The predicted octanol–water partition coefficient (Wildman–Crippen LogP) is 8.73. The van der Waals surface area contributed by atoms with Crippen molar-refractivity contribution in [2.24, 2.45) is 34.6 Å². The zero-order valence-electron chi connectivity index (χ0n) is 51.2. The zero-order chi connectivity index (χ0) is 59.7. The number of nitrogens with one attached hydrogen (secondary N) is 1. The summed E-state index contributed by atoms with van der Waals surface area (Å²) in [4.78, 5) is 28.3. The molecule has 6 N–H and O–H groups in total. The highest BCUT2D eigenvalue weighted by atomic mass is 32.2. The molecule has 0 amide bonds. The number of nitrogens with zero attached hydrogens (tertiary/aromatic N) is 3. The molecular weight excluding hydrogens is 1020 g/mol. The van der Waals surface area contributed by atoms with Crippen molar-refractivity contribution >= 4 is 16.8 Å². The van der Waals surface area contributed by atoms with Gasteiger partial charge < -0.3 is 64.6 Å². The maximum atomic E-state index is 14.2. The number of cyclic esters (lactones) is 1. The van der Waals surface area contributed by atoms with Gasteiger partial charge in [0, 0.05) is 100.0 Å². The van der Waals surface area contributed by atoms with Gasteiger partial charge in [-0.15, -0.1) is 4.91 Å². The highest BCUT2D eigenvalue weighted by molar-refractivity contribution is 7.85. The molecule has 13 unspecified atom stereocenters. The number of ether oxygens (including phenoxy) is 6.